The average Bonchev–Trinajstić information content (AvgIpc) is 3.39. The lowest BCUT2D eigenvalue weighted by molar-refractivity contribution is -0.0913. The molecule has 4 fully saturated rings. The van der Waals surface area contributed by atoms with E-state index < -0.39 is 0 Å². The maximum atomic E-state index is 5.65. The second kappa shape index (κ2) is 24.9. The smallest absolute Gasteiger partial charge is 0.232 e. The van der Waals surface area contributed by atoms with Crippen molar-refractivity contribution >= 4 is 35.7 Å². The Bertz CT molecular complexity index is 2190. The van der Waals surface area contributed by atoms with Crippen molar-refractivity contribution in [2.24, 2.45) is 0 Å². The molecule has 16 nitrogen and oxygen atoms in total. The van der Waals surface area contributed by atoms with Crippen molar-refractivity contribution in [3.8, 4) is 0 Å². The number of nitrogens with one attached hydrogen (secondary N) is 1. The van der Waals surface area contributed by atoms with Crippen LogP contribution in [-0.4, -0.2) is 192 Å². The summed E-state index contributed by atoms with van der Waals surface area (Å²) < 4.78 is 0. The van der Waals surface area contributed by atoms with E-state index in [2.05, 4.69) is 209 Å². The Hall–Kier alpha value is -3.34. The van der Waals surface area contributed by atoms with E-state index in [9.17, 15) is 0 Å². The summed E-state index contributed by atoms with van der Waals surface area (Å²) in [6, 6.07) is 1.16. The summed E-state index contributed by atoms with van der Waals surface area (Å²) in [5.41, 5.74) is -0.00883. The first-order chi connectivity index (χ1) is 37.7. The highest BCUT2D eigenvalue weighted by atomic mass is 15.4. The van der Waals surface area contributed by atoms with Gasteiger partial charge in [-0.05, 0) is 215 Å². The minimum Gasteiger partial charge on any atom is -0.354 e. The van der Waals surface area contributed by atoms with Crippen LogP contribution in [0.2, 0.25) is 0 Å². The van der Waals surface area contributed by atoms with E-state index in [1.54, 1.807) is 0 Å². The van der Waals surface area contributed by atoms with E-state index in [-0.39, 0.29) is 56.4 Å². The van der Waals surface area contributed by atoms with Gasteiger partial charge in [0, 0.05) is 115 Å². The maximum absolute atomic E-state index is 5.65. The summed E-state index contributed by atoms with van der Waals surface area (Å²) in [6.07, 6.45) is 19.2. The van der Waals surface area contributed by atoms with Gasteiger partial charge in [-0.15, -0.1) is 0 Å². The highest BCUT2D eigenvalue weighted by Crippen LogP contribution is 2.51. The molecule has 2 aromatic rings. The summed E-state index contributed by atoms with van der Waals surface area (Å²) in [6.45, 7) is 48.7. The maximum Gasteiger partial charge on any atom is 0.232 e. The molecule has 0 radical (unpaired) electrons. The minimum absolute atomic E-state index is 0.00991. The van der Waals surface area contributed by atoms with Gasteiger partial charge in [0.05, 0.1) is 0 Å². The van der Waals surface area contributed by atoms with Crippen LogP contribution in [0, 0.1) is 0 Å². The first kappa shape index (κ1) is 65.2. The Morgan fingerprint density at radius 3 is 1.15 bits per heavy atom. The molecule has 81 heavy (non-hydrogen) atoms. The van der Waals surface area contributed by atoms with Crippen molar-refractivity contribution < 1.29 is 0 Å². The van der Waals surface area contributed by atoms with Crippen LogP contribution in [0.1, 0.15) is 240 Å². The number of unbranched alkanes of at least 4 members (excludes halogenated alkanes) is 4. The first-order valence-corrected chi connectivity index (χ1v) is 32.7. The Morgan fingerprint density at radius 2 is 0.778 bits per heavy atom. The van der Waals surface area contributed by atoms with Crippen molar-refractivity contribution in [2.75, 3.05) is 104 Å². The third kappa shape index (κ3) is 14.2. The second-order valence-corrected chi connectivity index (χ2v) is 30.9. The van der Waals surface area contributed by atoms with E-state index in [4.69, 9.17) is 29.9 Å². The molecule has 462 valence electrons. The molecule has 5 aliphatic rings. The fourth-order valence-electron chi connectivity index (χ4n) is 16.2. The van der Waals surface area contributed by atoms with Gasteiger partial charge >= 0.3 is 0 Å². The summed E-state index contributed by atoms with van der Waals surface area (Å²) in [5.74, 6) is 4.75. The molecule has 7 rings (SSSR count). The van der Waals surface area contributed by atoms with Gasteiger partial charge in [0.1, 0.15) is 0 Å². The Kier molecular flexibility index (Phi) is 20.1. The van der Waals surface area contributed by atoms with Crippen LogP contribution < -0.4 is 29.8 Å². The van der Waals surface area contributed by atoms with Crippen LogP contribution in [0.3, 0.4) is 0 Å². The van der Waals surface area contributed by atoms with Gasteiger partial charge in [0.25, 0.3) is 0 Å². The molecule has 16 heteroatoms. The predicted molar refractivity (Wildman–Crippen MR) is 344 cm³/mol. The topological polar surface area (TPSA) is 119 Å². The van der Waals surface area contributed by atoms with Crippen molar-refractivity contribution in [1.82, 2.24) is 49.5 Å². The quantitative estimate of drug-likeness (QED) is 0.113. The van der Waals surface area contributed by atoms with Gasteiger partial charge in [-0.25, -0.2) is 0 Å². The molecule has 0 saturated carbocycles. The lowest BCUT2D eigenvalue weighted by atomic mass is 9.66. The number of anilines is 6. The molecule has 1 N–H and O–H groups in total. The lowest BCUT2D eigenvalue weighted by Crippen LogP contribution is -2.70. The van der Waals surface area contributed by atoms with E-state index in [0.717, 1.165) is 178 Å². The molecule has 4 unspecified atom stereocenters. The average molecular weight is 1130 g/mol. The summed E-state index contributed by atoms with van der Waals surface area (Å²) in [7, 11) is 11.6. The molecule has 7 heterocycles. The van der Waals surface area contributed by atoms with E-state index in [1.165, 1.54) is 0 Å². The fourth-order valence-corrected chi connectivity index (χ4v) is 16.2. The summed E-state index contributed by atoms with van der Waals surface area (Å²) in [5, 5.41) is 3.83. The normalized spacial score (nSPS) is 27.8. The highest BCUT2D eigenvalue weighted by Gasteiger charge is 2.56. The standard InChI is InChI=1S/C65H122N16/c1-24-28-35-78(48-39-58(5,6)74(20)59(7,8)40-48)56-69-53(70-57(72-56)79(36-29-25-2)49-41-60(9,10)75(21)61(11,12)42-49)73(19)34-32-33-66-52-67-54-71-55(68-52)81(38-31-27-4)51-44-63(15,16)77(23)65(18,46-51)47-64(17)45-50(80(54)37-30-26-3)43-62(13,14)76(64)22/h48-51H,24-47H2,1-23H3,(H,66,67,68,71). The van der Waals surface area contributed by atoms with Crippen LogP contribution in [0.5, 0.6) is 0 Å². The van der Waals surface area contributed by atoms with Crippen LogP contribution in [0.15, 0.2) is 0 Å². The SMILES string of the molecule is CCCCN1c2nc(NCCCN(C)c3nc(N(CCCC)C4CC(C)(C)N(C)C(C)(C)C4)nc(N(CCCC)C4CC(C)(C)N(C)C(C)(C)C4)n3)nc(n2)N(CCCC)C2CC(C)(C)N(C)C(C)(C2)CC2(C)CC1CC(C)(C)N2C. The zero-order valence-electron chi connectivity index (χ0n) is 56.5. The Labute approximate surface area is 496 Å². The molecule has 2 aromatic heterocycles. The molecule has 0 spiro atoms. The molecular formula is C65H122N16. The number of likely N-dealkylation sites (tertiary alicyclic amines) is 4. The third-order valence-electron chi connectivity index (χ3n) is 21.9. The minimum atomic E-state index is -0.0304. The number of aromatic nitrogens is 6. The van der Waals surface area contributed by atoms with E-state index in [0.29, 0.717) is 24.6 Å². The zero-order chi connectivity index (χ0) is 59.9. The monoisotopic (exact) mass is 1130 g/mol. The van der Waals surface area contributed by atoms with Gasteiger partial charge in [0.2, 0.25) is 35.7 Å². The Balaban J connectivity index is 1.26. The second-order valence-electron chi connectivity index (χ2n) is 30.9. The number of piperidine rings is 4. The number of fused-ring (bicyclic) bond motifs is 6. The predicted octanol–water partition coefficient (Wildman–Crippen LogP) is 12.4. The molecule has 0 aliphatic carbocycles. The number of hydrogen-bond donors (Lipinski definition) is 1. The van der Waals surface area contributed by atoms with Crippen LogP contribution in [0.25, 0.3) is 0 Å². The highest BCUT2D eigenvalue weighted by molar-refractivity contribution is 5.50. The molecule has 0 amide bonds. The van der Waals surface area contributed by atoms with E-state index in [1.807, 2.05) is 0 Å². The van der Waals surface area contributed by atoms with Gasteiger partial charge in [-0.1, -0.05) is 53.4 Å². The molecule has 0 aromatic carbocycles. The number of hydrogen-bond acceptors (Lipinski definition) is 16. The molecular weight excluding hydrogens is 1000 g/mol. The zero-order valence-corrected chi connectivity index (χ0v) is 56.5. The van der Waals surface area contributed by atoms with Crippen LogP contribution in [-0.2, 0) is 0 Å². The number of nitrogens with zero attached hydrogens (tertiary/aromatic N) is 15. The van der Waals surface area contributed by atoms with Crippen LogP contribution in [0.4, 0.5) is 35.7 Å². The van der Waals surface area contributed by atoms with Crippen molar-refractivity contribution in [2.45, 2.75) is 309 Å². The molecule has 5 aliphatic heterocycles. The summed E-state index contributed by atoms with van der Waals surface area (Å²) >= 11 is 0. The molecule has 6 bridgehead atoms. The summed E-state index contributed by atoms with van der Waals surface area (Å²) in [4.78, 5) is 56.6. The van der Waals surface area contributed by atoms with Crippen molar-refractivity contribution in [1.29, 1.82) is 0 Å². The molecule has 4 saturated heterocycles. The molecule has 4 atom stereocenters. The van der Waals surface area contributed by atoms with Crippen LogP contribution >= 0.6 is 0 Å². The van der Waals surface area contributed by atoms with Gasteiger partial charge in [-0.2, -0.15) is 29.9 Å². The van der Waals surface area contributed by atoms with Crippen molar-refractivity contribution in [3.63, 3.8) is 0 Å². The van der Waals surface area contributed by atoms with Gasteiger partial charge in [-0.3, -0.25) is 19.6 Å². The fraction of sp³-hybridized carbons (Fsp3) is 0.908. The number of rotatable bonds is 22. The van der Waals surface area contributed by atoms with Gasteiger partial charge < -0.3 is 29.8 Å². The lowest BCUT2D eigenvalue weighted by Gasteiger charge is -2.63. The third-order valence-corrected chi connectivity index (χ3v) is 21.9. The largest absolute Gasteiger partial charge is 0.354 e. The first-order valence-electron chi connectivity index (χ1n) is 32.7. The van der Waals surface area contributed by atoms with Gasteiger partial charge in [0.15, 0.2) is 0 Å². The van der Waals surface area contributed by atoms with Crippen molar-refractivity contribution in [3.05, 3.63) is 0 Å². The Morgan fingerprint density at radius 1 is 0.420 bits per heavy atom. The van der Waals surface area contributed by atoms with E-state index >= 15 is 0 Å².